The highest BCUT2D eigenvalue weighted by atomic mass is 16.5. The fourth-order valence-electron chi connectivity index (χ4n) is 7.77. The van der Waals surface area contributed by atoms with Gasteiger partial charge >= 0.3 is 0 Å². The third kappa shape index (κ3) is 3.55. The van der Waals surface area contributed by atoms with Crippen molar-refractivity contribution < 1.29 is 14.2 Å². The molecular formula is C32H41NO3. The molecule has 36 heavy (non-hydrogen) atoms. The smallest absolute Gasteiger partial charge is 0.166 e. The first-order valence-corrected chi connectivity index (χ1v) is 14.0. The van der Waals surface area contributed by atoms with Crippen molar-refractivity contribution in [2.75, 3.05) is 27.3 Å². The van der Waals surface area contributed by atoms with Gasteiger partial charge in [-0.05, 0) is 87.1 Å². The second kappa shape index (κ2) is 9.22. The lowest BCUT2D eigenvalue weighted by atomic mass is 9.50. The minimum absolute atomic E-state index is 0.0625. The van der Waals surface area contributed by atoms with E-state index in [0.29, 0.717) is 6.04 Å². The fraction of sp³-hybridized carbons (Fsp3) is 0.562. The molecule has 6 rings (SSSR count). The Morgan fingerprint density at radius 3 is 2.67 bits per heavy atom. The zero-order valence-corrected chi connectivity index (χ0v) is 22.2. The van der Waals surface area contributed by atoms with Crippen LogP contribution < -0.4 is 9.47 Å². The molecule has 0 saturated heterocycles. The van der Waals surface area contributed by atoms with Gasteiger partial charge in [0.05, 0.1) is 18.1 Å². The van der Waals surface area contributed by atoms with Crippen LogP contribution in [0.1, 0.15) is 62.1 Å². The second-order valence-corrected chi connectivity index (χ2v) is 11.5. The predicted molar refractivity (Wildman–Crippen MR) is 144 cm³/mol. The SMILES string of the molecule is C=C1CCC2(OCCCc3ccccc3)C(N(C)CC3CC3)Cc3ccc(OC)c4c3[C@@]2(CC)[C@H]1O4. The van der Waals surface area contributed by atoms with E-state index in [-0.39, 0.29) is 17.1 Å². The van der Waals surface area contributed by atoms with E-state index >= 15 is 0 Å². The molecule has 0 radical (unpaired) electrons. The lowest BCUT2D eigenvalue weighted by molar-refractivity contribution is -0.181. The van der Waals surface area contributed by atoms with Gasteiger partial charge in [-0.2, -0.15) is 0 Å². The average Bonchev–Trinajstić information content (AvgIpc) is 3.64. The van der Waals surface area contributed by atoms with E-state index in [9.17, 15) is 0 Å². The van der Waals surface area contributed by atoms with E-state index in [0.717, 1.165) is 69.1 Å². The molecule has 2 unspecified atom stereocenters. The van der Waals surface area contributed by atoms with Crippen LogP contribution in [-0.2, 0) is 23.0 Å². The van der Waals surface area contributed by atoms with Crippen molar-refractivity contribution in [1.82, 2.24) is 4.90 Å². The number of aryl methyl sites for hydroxylation is 1. The van der Waals surface area contributed by atoms with Crippen LogP contribution in [0, 0.1) is 5.92 Å². The van der Waals surface area contributed by atoms with Crippen molar-refractivity contribution in [3.05, 3.63) is 71.3 Å². The molecule has 0 spiro atoms. The Hall–Kier alpha value is -2.30. The highest BCUT2D eigenvalue weighted by Crippen LogP contribution is 2.66. The number of ether oxygens (including phenoxy) is 3. The Bertz CT molecular complexity index is 1130. The Labute approximate surface area is 216 Å². The van der Waals surface area contributed by atoms with Gasteiger partial charge in [-0.15, -0.1) is 0 Å². The number of hydrogen-bond acceptors (Lipinski definition) is 4. The summed E-state index contributed by atoms with van der Waals surface area (Å²) in [6, 6.07) is 15.5. The van der Waals surface area contributed by atoms with Crippen molar-refractivity contribution >= 4 is 0 Å². The maximum atomic E-state index is 7.31. The lowest BCUT2D eigenvalue weighted by Gasteiger charge is -2.61. The molecule has 4 nitrogen and oxygen atoms in total. The van der Waals surface area contributed by atoms with E-state index in [4.69, 9.17) is 14.2 Å². The minimum atomic E-state index is -0.307. The number of rotatable bonds is 10. The molecule has 0 aromatic heterocycles. The summed E-state index contributed by atoms with van der Waals surface area (Å²) in [6.45, 7) is 8.79. The molecule has 192 valence electrons. The van der Waals surface area contributed by atoms with Crippen molar-refractivity contribution in [2.24, 2.45) is 5.92 Å². The number of likely N-dealkylation sites (N-methyl/N-ethyl adjacent to an activating group) is 1. The predicted octanol–water partition coefficient (Wildman–Crippen LogP) is 6.11. The zero-order valence-electron chi connectivity index (χ0n) is 22.2. The summed E-state index contributed by atoms with van der Waals surface area (Å²) < 4.78 is 19.9. The molecule has 2 saturated carbocycles. The summed E-state index contributed by atoms with van der Waals surface area (Å²) in [5.41, 5.74) is 4.78. The summed E-state index contributed by atoms with van der Waals surface area (Å²) in [5, 5.41) is 0. The van der Waals surface area contributed by atoms with Crippen LogP contribution in [-0.4, -0.2) is 50.0 Å². The van der Waals surface area contributed by atoms with Gasteiger partial charge in [0.15, 0.2) is 11.5 Å². The topological polar surface area (TPSA) is 30.9 Å². The van der Waals surface area contributed by atoms with Crippen molar-refractivity contribution in [2.45, 2.75) is 81.5 Å². The molecule has 1 aliphatic heterocycles. The first kappa shape index (κ1) is 24.1. The highest BCUT2D eigenvalue weighted by Gasteiger charge is 2.70. The maximum absolute atomic E-state index is 7.31. The van der Waals surface area contributed by atoms with Gasteiger partial charge in [-0.25, -0.2) is 0 Å². The number of nitrogens with zero attached hydrogens (tertiary/aromatic N) is 1. The Balaban J connectivity index is 1.42. The van der Waals surface area contributed by atoms with Crippen LogP contribution in [0.25, 0.3) is 0 Å². The molecule has 1 heterocycles. The number of hydrogen-bond donors (Lipinski definition) is 0. The fourth-order valence-corrected chi connectivity index (χ4v) is 7.77. The number of benzene rings is 2. The highest BCUT2D eigenvalue weighted by molar-refractivity contribution is 5.63. The number of methoxy groups -OCH3 is 1. The minimum Gasteiger partial charge on any atom is -0.493 e. The first-order valence-electron chi connectivity index (χ1n) is 14.0. The van der Waals surface area contributed by atoms with Gasteiger partial charge in [0.25, 0.3) is 0 Å². The molecule has 0 bridgehead atoms. The largest absolute Gasteiger partial charge is 0.493 e. The van der Waals surface area contributed by atoms with Crippen LogP contribution in [0.2, 0.25) is 0 Å². The molecule has 2 fully saturated rings. The molecule has 3 aliphatic carbocycles. The van der Waals surface area contributed by atoms with Gasteiger partial charge in [0.2, 0.25) is 0 Å². The normalized spacial score (nSPS) is 30.3. The van der Waals surface area contributed by atoms with E-state index in [2.05, 4.69) is 67.9 Å². The van der Waals surface area contributed by atoms with E-state index in [1.54, 1.807) is 7.11 Å². The standard InChI is InChI=1S/C32H41NO3/c1-5-31-28-25-15-16-26(34-4)29(28)36-30(31)22(2)17-18-32(31,27(20-25)33(3)21-24-13-14-24)35-19-9-12-23-10-7-6-8-11-23/h6-8,10-11,15-16,24,27,30H,2,5,9,12-14,17-21H2,1,3-4H3/t27?,30-,31-,32?/m0/s1. The van der Waals surface area contributed by atoms with Crippen molar-refractivity contribution in [3.8, 4) is 11.5 Å². The first-order chi connectivity index (χ1) is 17.5. The molecule has 4 atom stereocenters. The van der Waals surface area contributed by atoms with E-state index in [1.165, 1.54) is 35.1 Å². The van der Waals surface area contributed by atoms with E-state index < -0.39 is 0 Å². The third-order valence-corrected chi connectivity index (χ3v) is 9.60. The van der Waals surface area contributed by atoms with Gasteiger partial charge in [-0.1, -0.05) is 49.9 Å². The summed E-state index contributed by atoms with van der Waals surface area (Å²) in [5.74, 6) is 2.61. The molecule has 2 aromatic rings. The summed E-state index contributed by atoms with van der Waals surface area (Å²) in [4.78, 5) is 2.64. The van der Waals surface area contributed by atoms with Crippen LogP contribution >= 0.6 is 0 Å². The summed E-state index contributed by atoms with van der Waals surface area (Å²) in [6.07, 6.45) is 8.64. The quantitative estimate of drug-likeness (QED) is 0.299. The second-order valence-electron chi connectivity index (χ2n) is 11.5. The summed E-state index contributed by atoms with van der Waals surface area (Å²) in [7, 11) is 4.09. The van der Waals surface area contributed by atoms with Crippen molar-refractivity contribution in [1.29, 1.82) is 0 Å². The molecule has 4 aliphatic rings. The van der Waals surface area contributed by atoms with E-state index in [1.807, 2.05) is 0 Å². The molecular weight excluding hydrogens is 446 g/mol. The van der Waals surface area contributed by atoms with Crippen LogP contribution in [0.15, 0.2) is 54.6 Å². The Morgan fingerprint density at radius 1 is 1.14 bits per heavy atom. The van der Waals surface area contributed by atoms with Gasteiger partial charge in [0, 0.05) is 24.8 Å². The molecule has 2 aromatic carbocycles. The summed E-state index contributed by atoms with van der Waals surface area (Å²) >= 11 is 0. The monoisotopic (exact) mass is 487 g/mol. The molecule has 0 N–H and O–H groups in total. The van der Waals surface area contributed by atoms with Crippen LogP contribution in [0.4, 0.5) is 0 Å². The molecule has 0 amide bonds. The third-order valence-electron chi connectivity index (χ3n) is 9.60. The van der Waals surface area contributed by atoms with Gasteiger partial charge in [-0.3, -0.25) is 4.90 Å². The van der Waals surface area contributed by atoms with Gasteiger partial charge < -0.3 is 14.2 Å². The van der Waals surface area contributed by atoms with Crippen LogP contribution in [0.3, 0.4) is 0 Å². The maximum Gasteiger partial charge on any atom is 0.166 e. The van der Waals surface area contributed by atoms with Crippen LogP contribution in [0.5, 0.6) is 11.5 Å². The van der Waals surface area contributed by atoms with Gasteiger partial charge in [0.1, 0.15) is 6.10 Å². The molecule has 4 heteroatoms. The Kier molecular flexibility index (Phi) is 6.16. The average molecular weight is 488 g/mol. The van der Waals surface area contributed by atoms with Crippen molar-refractivity contribution in [3.63, 3.8) is 0 Å². The lowest BCUT2D eigenvalue weighted by Crippen LogP contribution is -2.72. The zero-order chi connectivity index (χ0) is 24.9. The Morgan fingerprint density at radius 2 is 1.94 bits per heavy atom.